The summed E-state index contributed by atoms with van der Waals surface area (Å²) in [5.74, 6) is 2.09. The van der Waals surface area contributed by atoms with E-state index >= 15 is 0 Å². The van der Waals surface area contributed by atoms with Gasteiger partial charge in [0.2, 0.25) is 0 Å². The molecule has 0 atom stereocenters. The van der Waals surface area contributed by atoms with Crippen molar-refractivity contribution in [1.29, 1.82) is 0 Å². The lowest BCUT2D eigenvalue weighted by Gasteiger charge is -2.48. The van der Waals surface area contributed by atoms with Gasteiger partial charge in [-0.2, -0.15) is 0 Å². The summed E-state index contributed by atoms with van der Waals surface area (Å²) in [7, 11) is -0.860. The number of hydrogen-bond donors (Lipinski definition) is 0. The summed E-state index contributed by atoms with van der Waals surface area (Å²) in [6.07, 6.45) is 0.969. The van der Waals surface area contributed by atoms with Crippen LogP contribution in [-0.2, 0) is 6.42 Å². The monoisotopic (exact) mass is 470 g/mol. The highest BCUT2D eigenvalue weighted by Gasteiger charge is 2.44. The highest BCUT2D eigenvalue weighted by atomic mass is 31.1. The van der Waals surface area contributed by atoms with Crippen molar-refractivity contribution in [3.05, 3.63) is 47.5 Å². The number of hydrogen-bond acceptors (Lipinski definition) is 1. The average Bonchev–Trinajstić information content (AvgIpc) is 2.57. The van der Waals surface area contributed by atoms with E-state index in [0.717, 1.165) is 17.9 Å². The van der Waals surface area contributed by atoms with Gasteiger partial charge in [-0.3, -0.25) is 0 Å². The number of benzene rings is 2. The molecule has 0 aliphatic carbocycles. The average molecular weight is 471 g/mol. The van der Waals surface area contributed by atoms with Crippen molar-refractivity contribution in [2.45, 2.75) is 110 Å². The zero-order valence-corrected chi connectivity index (χ0v) is 24.3. The van der Waals surface area contributed by atoms with Gasteiger partial charge in [0.1, 0.15) is 11.5 Å². The predicted octanol–water partition coefficient (Wildman–Crippen LogP) is 8.79. The maximum absolute atomic E-state index is 6.52. The van der Waals surface area contributed by atoms with Crippen molar-refractivity contribution in [3.63, 3.8) is 0 Å². The molecule has 0 aromatic heterocycles. The Morgan fingerprint density at radius 1 is 0.594 bits per heavy atom. The summed E-state index contributed by atoms with van der Waals surface area (Å²) in [5, 5.41) is 4.08. The Morgan fingerprint density at radius 3 is 1.59 bits per heavy atom. The normalized spacial score (nSPS) is 14.9. The van der Waals surface area contributed by atoms with Crippen LogP contribution in [0.15, 0.2) is 36.4 Å². The molecule has 0 saturated carbocycles. The van der Waals surface area contributed by atoms with Crippen LogP contribution in [0.2, 0.25) is 0 Å². The molecule has 1 aliphatic rings. The Bertz CT molecular complexity index is 950. The van der Waals surface area contributed by atoms with Gasteiger partial charge in [0.25, 0.3) is 0 Å². The highest BCUT2D eigenvalue weighted by molar-refractivity contribution is 7.74. The third kappa shape index (κ3) is 5.10. The van der Waals surface area contributed by atoms with Crippen LogP contribution in [0, 0.1) is 0 Å². The van der Waals surface area contributed by atoms with Crippen LogP contribution in [0.4, 0.5) is 0 Å². The third-order valence-electron chi connectivity index (χ3n) is 5.93. The molecule has 0 radical (unpaired) electrons. The molecule has 1 heterocycles. The van der Waals surface area contributed by atoms with Gasteiger partial charge in [0.05, 0.1) is 0 Å². The van der Waals surface area contributed by atoms with Gasteiger partial charge in [-0.25, -0.2) is 0 Å². The first-order valence-corrected chi connectivity index (χ1v) is 14.6. The van der Waals surface area contributed by atoms with E-state index in [1.165, 1.54) is 11.1 Å². The van der Waals surface area contributed by atoms with Gasteiger partial charge in [0, 0.05) is 12.0 Å². The lowest BCUT2D eigenvalue weighted by Crippen LogP contribution is -2.43. The summed E-state index contributed by atoms with van der Waals surface area (Å²) in [5.41, 5.74) is 2.75. The fraction of sp³-hybridized carbons (Fsp3) is 0.586. The molecule has 0 unspecified atom stereocenters. The minimum absolute atomic E-state index is 0.200. The van der Waals surface area contributed by atoms with Crippen LogP contribution < -0.4 is 15.3 Å². The Kier molecular flexibility index (Phi) is 6.75. The minimum atomic E-state index is -0.453. The second kappa shape index (κ2) is 8.40. The van der Waals surface area contributed by atoms with Gasteiger partial charge in [-0.05, 0) is 48.9 Å². The van der Waals surface area contributed by atoms with Crippen molar-refractivity contribution in [2.24, 2.45) is 0 Å². The Labute approximate surface area is 200 Å². The molecule has 1 nitrogen and oxygen atoms in total. The third-order valence-corrected chi connectivity index (χ3v) is 13.3. The van der Waals surface area contributed by atoms with Crippen molar-refractivity contribution in [1.82, 2.24) is 0 Å². The number of ether oxygens (including phenoxy) is 1. The molecular formula is C29H44OP2. The molecular weight excluding hydrogens is 426 g/mol. The maximum atomic E-state index is 6.52. The molecule has 3 rings (SSSR count). The smallest absolute Gasteiger partial charge is 0.131 e. The summed E-state index contributed by atoms with van der Waals surface area (Å²) < 4.78 is 6.52. The van der Waals surface area contributed by atoms with Crippen molar-refractivity contribution >= 4 is 26.5 Å². The van der Waals surface area contributed by atoms with Crippen LogP contribution >= 0.6 is 15.8 Å². The van der Waals surface area contributed by atoms with Crippen molar-refractivity contribution in [2.75, 3.05) is 0 Å². The van der Waals surface area contributed by atoms with E-state index in [2.05, 4.69) is 119 Å². The second-order valence-corrected chi connectivity index (χ2v) is 20.8. The Morgan fingerprint density at radius 2 is 1.09 bits per heavy atom. The first-order valence-electron chi connectivity index (χ1n) is 11.9. The fourth-order valence-corrected chi connectivity index (χ4v) is 14.5. The Hall–Kier alpha value is -0.900. The number of fused-ring (bicyclic) bond motifs is 2. The molecule has 3 heteroatoms. The zero-order valence-electron chi connectivity index (χ0n) is 22.5. The summed E-state index contributed by atoms with van der Waals surface area (Å²) >= 11 is 0. The summed E-state index contributed by atoms with van der Waals surface area (Å²) in [4.78, 5) is 0. The lowest BCUT2D eigenvalue weighted by molar-refractivity contribution is 0.461. The minimum Gasteiger partial charge on any atom is -0.457 e. The Balaban J connectivity index is 2.40. The molecule has 32 heavy (non-hydrogen) atoms. The van der Waals surface area contributed by atoms with E-state index in [-0.39, 0.29) is 20.6 Å². The van der Waals surface area contributed by atoms with E-state index in [9.17, 15) is 0 Å². The molecule has 0 amide bonds. The SMILES string of the molecule is CC(C)(C)P(c1ccc2c(c1P(C(C)(C)C)C(C)(C)C)Cc1ccccc1O2)C(C)(C)C. The zero-order chi connectivity index (χ0) is 24.3. The van der Waals surface area contributed by atoms with E-state index in [1.54, 1.807) is 10.6 Å². The quantitative estimate of drug-likeness (QED) is 0.340. The van der Waals surface area contributed by atoms with Crippen LogP contribution in [0.5, 0.6) is 11.5 Å². The summed E-state index contributed by atoms with van der Waals surface area (Å²) in [6, 6.07) is 13.3. The first kappa shape index (κ1) is 25.7. The summed E-state index contributed by atoms with van der Waals surface area (Å²) in [6.45, 7) is 29.3. The number of rotatable bonds is 2. The topological polar surface area (TPSA) is 9.23 Å². The van der Waals surface area contributed by atoms with Crippen LogP contribution in [0.25, 0.3) is 0 Å². The molecule has 0 fully saturated rings. The lowest BCUT2D eigenvalue weighted by atomic mass is 10.0. The molecule has 0 N–H and O–H groups in total. The molecule has 2 aromatic carbocycles. The first-order chi connectivity index (χ1) is 14.4. The standard InChI is InChI=1S/C29H44OP2/c1-26(2,3)31(27(4,5)6)24-18-17-23-21(19-20-15-13-14-16-22(20)30-23)25(24)32(28(7,8)9)29(10,11)12/h13-18H,19H2,1-12H3. The van der Waals surface area contributed by atoms with Crippen LogP contribution in [0.3, 0.4) is 0 Å². The number of para-hydroxylation sites is 1. The van der Waals surface area contributed by atoms with Gasteiger partial charge in [0.15, 0.2) is 0 Å². The van der Waals surface area contributed by atoms with Crippen LogP contribution in [0.1, 0.15) is 94.2 Å². The van der Waals surface area contributed by atoms with E-state index < -0.39 is 15.8 Å². The molecule has 0 bridgehead atoms. The van der Waals surface area contributed by atoms with Gasteiger partial charge < -0.3 is 4.74 Å². The second-order valence-electron chi connectivity index (χ2n) is 13.2. The van der Waals surface area contributed by atoms with Gasteiger partial charge >= 0.3 is 0 Å². The largest absolute Gasteiger partial charge is 0.457 e. The van der Waals surface area contributed by atoms with Gasteiger partial charge in [-0.1, -0.05) is 123 Å². The van der Waals surface area contributed by atoms with E-state index in [0.29, 0.717) is 0 Å². The van der Waals surface area contributed by atoms with Crippen molar-refractivity contribution < 1.29 is 4.74 Å². The molecule has 0 spiro atoms. The van der Waals surface area contributed by atoms with Crippen LogP contribution in [-0.4, -0.2) is 20.6 Å². The van der Waals surface area contributed by atoms with E-state index in [1.807, 2.05) is 0 Å². The van der Waals surface area contributed by atoms with E-state index in [4.69, 9.17) is 4.74 Å². The molecule has 1 aliphatic heterocycles. The fourth-order valence-electron chi connectivity index (χ4n) is 5.77. The van der Waals surface area contributed by atoms with Crippen molar-refractivity contribution in [3.8, 4) is 11.5 Å². The molecule has 2 aromatic rings. The molecule has 0 saturated heterocycles. The predicted molar refractivity (Wildman–Crippen MR) is 148 cm³/mol. The molecule has 176 valence electrons. The van der Waals surface area contributed by atoms with Gasteiger partial charge in [-0.15, -0.1) is 0 Å². The highest BCUT2D eigenvalue weighted by Crippen LogP contribution is 2.64. The maximum Gasteiger partial charge on any atom is 0.131 e.